The quantitative estimate of drug-likeness (QED) is 0.228. The van der Waals surface area contributed by atoms with Crippen LogP contribution >= 0.6 is 0 Å². The monoisotopic (exact) mass is 477 g/mol. The molecule has 0 bridgehead atoms. The third-order valence-corrected chi connectivity index (χ3v) is 8.29. The molecular formula is C36H31N. The minimum atomic E-state index is -0.354. The summed E-state index contributed by atoms with van der Waals surface area (Å²) in [5.74, 6) is 0. The van der Waals surface area contributed by atoms with E-state index in [1.54, 1.807) is 0 Å². The fraction of sp³-hybridized carbons (Fsp3) is 0.167. The molecule has 0 saturated carbocycles. The van der Waals surface area contributed by atoms with Gasteiger partial charge in [0.05, 0.1) is 16.8 Å². The zero-order valence-corrected chi connectivity index (χ0v) is 21.9. The van der Waals surface area contributed by atoms with Gasteiger partial charge in [0.2, 0.25) is 0 Å². The molecule has 0 atom stereocenters. The zero-order valence-electron chi connectivity index (χ0n) is 21.9. The van der Waals surface area contributed by atoms with Gasteiger partial charge in [-0.2, -0.15) is 0 Å². The van der Waals surface area contributed by atoms with E-state index in [4.69, 9.17) is 0 Å². The normalized spacial score (nSPS) is 14.6. The van der Waals surface area contributed by atoms with Crippen molar-refractivity contribution >= 4 is 17.1 Å². The van der Waals surface area contributed by atoms with Crippen LogP contribution in [-0.4, -0.2) is 0 Å². The van der Waals surface area contributed by atoms with Crippen LogP contribution in [0.2, 0.25) is 0 Å². The minimum absolute atomic E-state index is 0.120. The van der Waals surface area contributed by atoms with Crippen molar-refractivity contribution in [3.63, 3.8) is 0 Å². The molecule has 37 heavy (non-hydrogen) atoms. The Bertz CT molecular complexity index is 1620. The lowest BCUT2D eigenvalue weighted by molar-refractivity contribution is 0.590. The topological polar surface area (TPSA) is 3.24 Å². The van der Waals surface area contributed by atoms with Gasteiger partial charge in [0.25, 0.3) is 0 Å². The van der Waals surface area contributed by atoms with Crippen LogP contribution in [0.25, 0.3) is 11.1 Å². The lowest BCUT2D eigenvalue weighted by Crippen LogP contribution is -2.36. The second-order valence-electron chi connectivity index (χ2n) is 11.5. The van der Waals surface area contributed by atoms with Crippen LogP contribution in [0.15, 0.2) is 115 Å². The number of hydrogen-bond acceptors (Lipinski definition) is 1. The average Bonchev–Trinajstić information content (AvgIpc) is 3.20. The first-order valence-corrected chi connectivity index (χ1v) is 13.2. The Morgan fingerprint density at radius 1 is 0.541 bits per heavy atom. The maximum atomic E-state index is 2.46. The van der Waals surface area contributed by atoms with Crippen LogP contribution in [0.1, 0.15) is 54.2 Å². The molecule has 180 valence electrons. The van der Waals surface area contributed by atoms with Crippen molar-refractivity contribution in [1.29, 1.82) is 0 Å². The summed E-state index contributed by atoms with van der Waals surface area (Å²) in [7, 11) is 0. The number of anilines is 3. The predicted octanol–water partition coefficient (Wildman–Crippen LogP) is 9.44. The molecule has 5 aromatic rings. The van der Waals surface area contributed by atoms with Crippen LogP contribution in [0, 0.1) is 6.92 Å². The predicted molar refractivity (Wildman–Crippen MR) is 155 cm³/mol. The smallest absolute Gasteiger partial charge is 0.0754 e. The number of para-hydroxylation sites is 1. The molecule has 1 heteroatoms. The van der Waals surface area contributed by atoms with Crippen LogP contribution < -0.4 is 4.90 Å². The summed E-state index contributed by atoms with van der Waals surface area (Å²) in [6, 6.07) is 43.1. The summed E-state index contributed by atoms with van der Waals surface area (Å²) in [5.41, 5.74) is 14.2. The van der Waals surface area contributed by atoms with E-state index < -0.39 is 0 Å². The number of rotatable bonds is 1. The molecule has 1 aliphatic heterocycles. The fourth-order valence-corrected chi connectivity index (χ4v) is 6.61. The van der Waals surface area contributed by atoms with Crippen molar-refractivity contribution in [3.05, 3.63) is 149 Å². The van der Waals surface area contributed by atoms with Gasteiger partial charge in [0, 0.05) is 5.69 Å². The van der Waals surface area contributed by atoms with Crippen LogP contribution in [0.4, 0.5) is 17.1 Å². The largest absolute Gasteiger partial charge is 0.310 e. The molecule has 7 rings (SSSR count). The van der Waals surface area contributed by atoms with E-state index in [1.165, 1.54) is 61.6 Å². The molecule has 0 unspecified atom stereocenters. The van der Waals surface area contributed by atoms with E-state index in [0.717, 1.165) is 0 Å². The second kappa shape index (κ2) is 7.70. The Labute approximate surface area is 220 Å². The summed E-state index contributed by atoms with van der Waals surface area (Å²) < 4.78 is 0. The Kier molecular flexibility index (Phi) is 4.60. The standard InChI is InChI=1S/C36H31N/c1-24-17-22-34-32(23-24)36(29-13-7-5-11-27(29)28-12-6-8-14-30(28)36)31-15-9-10-16-33(31)37(34)26-20-18-25(19-21-26)35(2,3)4/h5-23H,1-4H3. The van der Waals surface area contributed by atoms with Gasteiger partial charge in [-0.25, -0.2) is 0 Å². The average molecular weight is 478 g/mol. The molecule has 0 radical (unpaired) electrons. The Morgan fingerprint density at radius 2 is 1.08 bits per heavy atom. The third-order valence-electron chi connectivity index (χ3n) is 8.29. The summed E-state index contributed by atoms with van der Waals surface area (Å²) >= 11 is 0. The van der Waals surface area contributed by atoms with Crippen molar-refractivity contribution in [1.82, 2.24) is 0 Å². The number of fused-ring (bicyclic) bond motifs is 9. The highest BCUT2D eigenvalue weighted by Crippen LogP contribution is 2.63. The Hall–Kier alpha value is -4.10. The van der Waals surface area contributed by atoms with Crippen LogP contribution in [-0.2, 0) is 10.8 Å². The van der Waals surface area contributed by atoms with Crippen molar-refractivity contribution in [2.75, 3.05) is 4.90 Å². The number of aryl methyl sites for hydroxylation is 1. The summed E-state index contributed by atoms with van der Waals surface area (Å²) in [5, 5.41) is 0. The van der Waals surface area contributed by atoms with E-state index in [2.05, 4.69) is 148 Å². The molecule has 0 amide bonds. The maximum absolute atomic E-state index is 2.46. The van der Waals surface area contributed by atoms with Crippen molar-refractivity contribution in [3.8, 4) is 11.1 Å². The second-order valence-corrected chi connectivity index (χ2v) is 11.5. The molecule has 1 aliphatic carbocycles. The molecule has 0 aromatic heterocycles. The third kappa shape index (κ3) is 2.98. The molecule has 0 N–H and O–H groups in total. The van der Waals surface area contributed by atoms with Gasteiger partial charge in [-0.3, -0.25) is 0 Å². The van der Waals surface area contributed by atoms with Crippen LogP contribution in [0.3, 0.4) is 0 Å². The maximum Gasteiger partial charge on any atom is 0.0754 e. The first-order valence-electron chi connectivity index (χ1n) is 13.2. The van der Waals surface area contributed by atoms with Crippen molar-refractivity contribution in [2.24, 2.45) is 0 Å². The Morgan fingerprint density at radius 3 is 1.70 bits per heavy atom. The molecule has 0 fully saturated rings. The number of benzene rings is 5. The SMILES string of the molecule is Cc1ccc2c(c1)C1(c3ccccc3-c3ccccc31)c1ccccc1N2c1ccc(C(C)(C)C)cc1. The molecule has 0 saturated heterocycles. The lowest BCUT2D eigenvalue weighted by Gasteiger charge is -2.45. The van der Waals surface area contributed by atoms with Gasteiger partial charge in [-0.05, 0) is 75.5 Å². The summed E-state index contributed by atoms with van der Waals surface area (Å²) in [4.78, 5) is 2.46. The fourth-order valence-electron chi connectivity index (χ4n) is 6.61. The number of nitrogens with zero attached hydrogens (tertiary/aromatic N) is 1. The van der Waals surface area contributed by atoms with Gasteiger partial charge in [-0.15, -0.1) is 0 Å². The van der Waals surface area contributed by atoms with E-state index in [9.17, 15) is 0 Å². The molecule has 5 aromatic carbocycles. The number of hydrogen-bond donors (Lipinski definition) is 0. The highest BCUT2D eigenvalue weighted by Gasteiger charge is 2.51. The van der Waals surface area contributed by atoms with Crippen LogP contribution in [0.5, 0.6) is 0 Å². The summed E-state index contributed by atoms with van der Waals surface area (Å²) in [6.07, 6.45) is 0. The van der Waals surface area contributed by atoms with Gasteiger partial charge >= 0.3 is 0 Å². The van der Waals surface area contributed by atoms with Gasteiger partial charge < -0.3 is 4.90 Å². The molecule has 1 heterocycles. The lowest BCUT2D eigenvalue weighted by atomic mass is 9.64. The van der Waals surface area contributed by atoms with Crippen molar-refractivity contribution < 1.29 is 0 Å². The van der Waals surface area contributed by atoms with E-state index in [0.29, 0.717) is 0 Å². The highest BCUT2D eigenvalue weighted by atomic mass is 15.2. The first-order chi connectivity index (χ1) is 17.9. The molecule has 2 aliphatic rings. The van der Waals surface area contributed by atoms with E-state index in [-0.39, 0.29) is 10.8 Å². The Balaban J connectivity index is 1.58. The van der Waals surface area contributed by atoms with Gasteiger partial charge in [0.1, 0.15) is 0 Å². The van der Waals surface area contributed by atoms with Gasteiger partial charge in [-0.1, -0.05) is 117 Å². The minimum Gasteiger partial charge on any atom is -0.310 e. The summed E-state index contributed by atoms with van der Waals surface area (Å²) in [6.45, 7) is 9.03. The van der Waals surface area contributed by atoms with E-state index >= 15 is 0 Å². The van der Waals surface area contributed by atoms with E-state index in [1.807, 2.05) is 0 Å². The highest BCUT2D eigenvalue weighted by molar-refractivity contribution is 5.95. The zero-order chi connectivity index (χ0) is 25.4. The molecule has 1 nitrogen and oxygen atoms in total. The first kappa shape index (κ1) is 22.1. The van der Waals surface area contributed by atoms with Crippen molar-refractivity contribution in [2.45, 2.75) is 38.5 Å². The molecule has 1 spiro atoms. The molecular weight excluding hydrogens is 446 g/mol. The van der Waals surface area contributed by atoms with Gasteiger partial charge in [0.15, 0.2) is 0 Å².